The lowest BCUT2D eigenvalue weighted by atomic mass is 9.93. The molecule has 0 aliphatic carbocycles. The van der Waals surface area contributed by atoms with E-state index in [0.717, 1.165) is 6.42 Å². The second-order valence-electron chi connectivity index (χ2n) is 4.65. The molecule has 1 fully saturated rings. The van der Waals surface area contributed by atoms with Crippen molar-refractivity contribution in [1.29, 1.82) is 0 Å². The van der Waals surface area contributed by atoms with Crippen molar-refractivity contribution in [2.24, 2.45) is 5.92 Å². The molecule has 5 nitrogen and oxygen atoms in total. The Bertz CT molecular complexity index is 447. The number of carboxylic acid groups (broad SMARTS) is 1. The van der Waals surface area contributed by atoms with E-state index in [-0.39, 0.29) is 18.5 Å². The maximum absolute atomic E-state index is 12.3. The van der Waals surface area contributed by atoms with Crippen molar-refractivity contribution in [2.75, 3.05) is 6.54 Å². The Hall–Kier alpha value is -1.91. The first kappa shape index (κ1) is 12.5. The van der Waals surface area contributed by atoms with Gasteiger partial charge >= 0.3 is 5.97 Å². The summed E-state index contributed by atoms with van der Waals surface area (Å²) in [5.74, 6) is -1.39. The minimum absolute atomic E-state index is 0.0845. The lowest BCUT2D eigenvalue weighted by Crippen LogP contribution is -2.47. The number of hydrogen-bond donors (Lipinski definition) is 1. The average molecular weight is 248 g/mol. The molecule has 1 amide bonds. The molecule has 0 bridgehead atoms. The fourth-order valence-corrected chi connectivity index (χ4v) is 2.25. The first-order valence-electron chi connectivity index (χ1n) is 6.03. The zero-order chi connectivity index (χ0) is 13.1. The Morgan fingerprint density at radius 1 is 1.33 bits per heavy atom. The summed E-state index contributed by atoms with van der Waals surface area (Å²) in [5.41, 5.74) is 0.558. The molecule has 0 saturated carbocycles. The summed E-state index contributed by atoms with van der Waals surface area (Å²) in [6.45, 7) is 2.24. The van der Waals surface area contributed by atoms with Crippen LogP contribution >= 0.6 is 0 Å². The van der Waals surface area contributed by atoms with Crippen molar-refractivity contribution in [1.82, 2.24) is 9.88 Å². The van der Waals surface area contributed by atoms with Crippen LogP contribution in [0.15, 0.2) is 24.5 Å². The molecule has 1 N–H and O–H groups in total. The van der Waals surface area contributed by atoms with Crippen LogP contribution in [0.5, 0.6) is 0 Å². The molecule has 0 spiro atoms. The summed E-state index contributed by atoms with van der Waals surface area (Å²) in [6, 6.07) is 3.39. The van der Waals surface area contributed by atoms with Crippen molar-refractivity contribution in [3.63, 3.8) is 0 Å². The number of aromatic nitrogens is 1. The van der Waals surface area contributed by atoms with Crippen LogP contribution in [-0.4, -0.2) is 39.5 Å². The van der Waals surface area contributed by atoms with E-state index >= 15 is 0 Å². The smallest absolute Gasteiger partial charge is 0.308 e. The molecule has 96 valence electrons. The van der Waals surface area contributed by atoms with E-state index in [2.05, 4.69) is 4.98 Å². The van der Waals surface area contributed by atoms with Gasteiger partial charge < -0.3 is 10.0 Å². The van der Waals surface area contributed by atoms with E-state index in [1.54, 1.807) is 29.4 Å². The summed E-state index contributed by atoms with van der Waals surface area (Å²) >= 11 is 0. The van der Waals surface area contributed by atoms with Crippen LogP contribution in [0.2, 0.25) is 0 Å². The molecule has 1 aromatic heterocycles. The third-order valence-electron chi connectivity index (χ3n) is 3.42. The number of amides is 1. The van der Waals surface area contributed by atoms with Crippen LogP contribution in [0, 0.1) is 5.92 Å². The van der Waals surface area contributed by atoms with Gasteiger partial charge in [0.25, 0.3) is 5.91 Å². The predicted octanol–water partition coefficient (Wildman–Crippen LogP) is 1.41. The Morgan fingerprint density at radius 2 is 2.00 bits per heavy atom. The molecule has 2 heterocycles. The molecule has 18 heavy (non-hydrogen) atoms. The van der Waals surface area contributed by atoms with E-state index in [0.29, 0.717) is 12.0 Å². The summed E-state index contributed by atoms with van der Waals surface area (Å²) < 4.78 is 0. The summed E-state index contributed by atoms with van der Waals surface area (Å²) in [6.07, 6.45) is 4.50. The van der Waals surface area contributed by atoms with E-state index in [9.17, 15) is 9.59 Å². The van der Waals surface area contributed by atoms with E-state index in [4.69, 9.17) is 5.11 Å². The number of aliphatic carboxylic acids is 1. The van der Waals surface area contributed by atoms with Gasteiger partial charge in [0, 0.05) is 30.5 Å². The third-order valence-corrected chi connectivity index (χ3v) is 3.42. The van der Waals surface area contributed by atoms with Gasteiger partial charge in [-0.3, -0.25) is 14.6 Å². The van der Waals surface area contributed by atoms with Gasteiger partial charge in [0.1, 0.15) is 0 Å². The fraction of sp³-hybridized carbons (Fsp3) is 0.462. The van der Waals surface area contributed by atoms with Crippen LogP contribution in [-0.2, 0) is 4.79 Å². The number of carbonyl (C=O) groups excluding carboxylic acids is 1. The zero-order valence-corrected chi connectivity index (χ0v) is 10.2. The van der Waals surface area contributed by atoms with E-state index in [1.165, 1.54) is 0 Å². The second-order valence-corrected chi connectivity index (χ2v) is 4.65. The molecule has 2 rings (SSSR count). The Morgan fingerprint density at radius 3 is 2.61 bits per heavy atom. The fourth-order valence-electron chi connectivity index (χ4n) is 2.25. The molecule has 1 aliphatic heterocycles. The number of nitrogens with zero attached hydrogens (tertiary/aromatic N) is 2. The SMILES string of the molecule is CC1CCC(C(=O)O)CN1C(=O)c1ccncc1. The number of hydrogen-bond acceptors (Lipinski definition) is 3. The molecule has 1 aromatic rings. The van der Waals surface area contributed by atoms with Crippen LogP contribution in [0.25, 0.3) is 0 Å². The van der Waals surface area contributed by atoms with E-state index < -0.39 is 11.9 Å². The molecular formula is C13H16N2O3. The van der Waals surface area contributed by atoms with Crippen LogP contribution in [0.1, 0.15) is 30.1 Å². The quantitative estimate of drug-likeness (QED) is 0.859. The van der Waals surface area contributed by atoms with Gasteiger partial charge in [-0.25, -0.2) is 0 Å². The largest absolute Gasteiger partial charge is 0.481 e. The summed E-state index contributed by atoms with van der Waals surface area (Å²) in [4.78, 5) is 28.8. The highest BCUT2D eigenvalue weighted by atomic mass is 16.4. The molecule has 1 saturated heterocycles. The van der Waals surface area contributed by atoms with Crippen LogP contribution in [0.3, 0.4) is 0 Å². The Labute approximate surface area is 105 Å². The second kappa shape index (κ2) is 5.16. The molecule has 2 unspecified atom stereocenters. The molecule has 0 radical (unpaired) electrons. The highest BCUT2D eigenvalue weighted by Crippen LogP contribution is 2.23. The molecule has 0 aromatic carbocycles. The lowest BCUT2D eigenvalue weighted by molar-refractivity contribution is -0.143. The average Bonchev–Trinajstić information content (AvgIpc) is 2.39. The number of piperidine rings is 1. The number of rotatable bonds is 2. The number of carbonyl (C=O) groups is 2. The maximum Gasteiger partial charge on any atom is 0.308 e. The normalized spacial score (nSPS) is 23.7. The summed E-state index contributed by atoms with van der Waals surface area (Å²) in [7, 11) is 0. The minimum Gasteiger partial charge on any atom is -0.481 e. The summed E-state index contributed by atoms with van der Waals surface area (Å²) in [5, 5.41) is 9.05. The minimum atomic E-state index is -0.825. The van der Waals surface area contributed by atoms with Crippen molar-refractivity contribution >= 4 is 11.9 Å². The number of pyridine rings is 1. The molecule has 5 heteroatoms. The molecule has 2 atom stereocenters. The van der Waals surface area contributed by atoms with Crippen molar-refractivity contribution in [3.8, 4) is 0 Å². The highest BCUT2D eigenvalue weighted by Gasteiger charge is 2.32. The van der Waals surface area contributed by atoms with Gasteiger partial charge in [-0.1, -0.05) is 0 Å². The molecular weight excluding hydrogens is 232 g/mol. The van der Waals surface area contributed by atoms with Gasteiger partial charge in [0.15, 0.2) is 0 Å². The van der Waals surface area contributed by atoms with Crippen molar-refractivity contribution in [3.05, 3.63) is 30.1 Å². The third kappa shape index (κ3) is 2.50. The Balaban J connectivity index is 2.15. The van der Waals surface area contributed by atoms with Crippen molar-refractivity contribution < 1.29 is 14.7 Å². The highest BCUT2D eigenvalue weighted by molar-refractivity contribution is 5.94. The van der Waals surface area contributed by atoms with Crippen LogP contribution < -0.4 is 0 Å². The first-order valence-corrected chi connectivity index (χ1v) is 6.03. The monoisotopic (exact) mass is 248 g/mol. The predicted molar refractivity (Wildman–Crippen MR) is 65.1 cm³/mol. The number of carboxylic acids is 1. The Kier molecular flexibility index (Phi) is 3.60. The van der Waals surface area contributed by atoms with Gasteiger partial charge in [-0.2, -0.15) is 0 Å². The van der Waals surface area contributed by atoms with Gasteiger partial charge in [0.05, 0.1) is 5.92 Å². The molecule has 1 aliphatic rings. The standard InChI is InChI=1S/C13H16N2O3/c1-9-2-3-11(13(17)18)8-15(9)12(16)10-4-6-14-7-5-10/h4-7,9,11H,2-3,8H2,1H3,(H,17,18). The maximum atomic E-state index is 12.3. The first-order chi connectivity index (χ1) is 8.59. The zero-order valence-electron chi connectivity index (χ0n) is 10.2. The van der Waals surface area contributed by atoms with Crippen molar-refractivity contribution in [2.45, 2.75) is 25.8 Å². The van der Waals surface area contributed by atoms with Gasteiger partial charge in [-0.15, -0.1) is 0 Å². The van der Waals surface area contributed by atoms with E-state index in [1.807, 2.05) is 6.92 Å². The van der Waals surface area contributed by atoms with Gasteiger partial charge in [-0.05, 0) is 31.9 Å². The number of likely N-dealkylation sites (tertiary alicyclic amines) is 1. The van der Waals surface area contributed by atoms with Gasteiger partial charge in [0.2, 0.25) is 0 Å². The lowest BCUT2D eigenvalue weighted by Gasteiger charge is -2.36. The van der Waals surface area contributed by atoms with Crippen LogP contribution in [0.4, 0.5) is 0 Å². The topological polar surface area (TPSA) is 70.5 Å².